The number of benzene rings is 2. The second-order valence-corrected chi connectivity index (χ2v) is 7.72. The first kappa shape index (κ1) is 19.1. The quantitative estimate of drug-likeness (QED) is 0.505. The van der Waals surface area contributed by atoms with Crippen LogP contribution < -0.4 is 0 Å². The Morgan fingerprint density at radius 3 is 2.15 bits per heavy atom. The number of aryl methyl sites for hydroxylation is 3. The molecule has 3 rings (SSSR count). The van der Waals surface area contributed by atoms with Gasteiger partial charge in [-0.05, 0) is 85.3 Å². The molecule has 1 aliphatic carbocycles. The maximum Gasteiger partial charge on any atom is 0.129 e. The number of hydrogen-bond acceptors (Lipinski definition) is 0. The van der Waals surface area contributed by atoms with Crippen molar-refractivity contribution in [3.05, 3.63) is 69.8 Å². The highest BCUT2D eigenvalue weighted by Crippen LogP contribution is 2.36. The van der Waals surface area contributed by atoms with E-state index >= 15 is 0 Å². The van der Waals surface area contributed by atoms with Gasteiger partial charge in [0.1, 0.15) is 11.6 Å². The van der Waals surface area contributed by atoms with Gasteiger partial charge in [-0.15, -0.1) is 0 Å². The topological polar surface area (TPSA) is 0 Å². The molecule has 2 aromatic carbocycles. The molecule has 0 spiro atoms. The lowest BCUT2D eigenvalue weighted by atomic mass is 9.79. The molecule has 0 saturated heterocycles. The molecule has 0 radical (unpaired) electrons. The maximum atomic E-state index is 14.7. The van der Waals surface area contributed by atoms with Crippen LogP contribution in [0.2, 0.25) is 0 Å². The smallest absolute Gasteiger partial charge is 0.129 e. The molecule has 26 heavy (non-hydrogen) atoms. The molecule has 0 saturated carbocycles. The zero-order chi connectivity index (χ0) is 18.5. The highest BCUT2D eigenvalue weighted by molar-refractivity contribution is 5.38. The van der Waals surface area contributed by atoms with Crippen LogP contribution in [0.5, 0.6) is 0 Å². The molecule has 1 atom stereocenters. The van der Waals surface area contributed by atoms with Gasteiger partial charge in [-0.3, -0.25) is 0 Å². The number of unbranched alkanes of at least 4 members (excludes halogenated alkanes) is 2. The van der Waals surface area contributed by atoms with Gasteiger partial charge in [0.15, 0.2) is 0 Å². The first-order valence-electron chi connectivity index (χ1n) is 10.2. The molecule has 0 heterocycles. The monoisotopic (exact) mass is 356 g/mol. The van der Waals surface area contributed by atoms with E-state index in [4.69, 9.17) is 0 Å². The SMILES string of the molecule is CCCCc1cc(F)c(C2CCc3cc(CCCC)ccc3C2)c(F)c1. The lowest BCUT2D eigenvalue weighted by Gasteiger charge is -2.26. The Labute approximate surface area is 156 Å². The van der Waals surface area contributed by atoms with E-state index in [-0.39, 0.29) is 17.6 Å². The van der Waals surface area contributed by atoms with Crippen molar-refractivity contribution in [2.24, 2.45) is 0 Å². The summed E-state index contributed by atoms with van der Waals surface area (Å²) in [5, 5.41) is 0. The largest absolute Gasteiger partial charge is 0.207 e. The predicted octanol–water partition coefficient (Wildman–Crippen LogP) is 6.92. The molecule has 0 amide bonds. The minimum Gasteiger partial charge on any atom is -0.207 e. The van der Waals surface area contributed by atoms with E-state index in [1.54, 1.807) is 12.1 Å². The standard InChI is InChI=1S/C24H30F2/c1-3-5-7-17-9-10-20-16-21(12-11-19(20)13-17)24-22(25)14-18(8-6-4-2)15-23(24)26/h9-10,13-15,21H,3-8,11-12,16H2,1-2H3. The number of fused-ring (bicyclic) bond motifs is 1. The summed E-state index contributed by atoms with van der Waals surface area (Å²) in [6.07, 6.45) is 8.76. The lowest BCUT2D eigenvalue weighted by molar-refractivity contribution is 0.489. The molecule has 2 heteroatoms. The molecule has 140 valence electrons. The van der Waals surface area contributed by atoms with Crippen molar-refractivity contribution in [1.82, 2.24) is 0 Å². The molecule has 0 bridgehead atoms. The van der Waals surface area contributed by atoms with Crippen LogP contribution in [0.25, 0.3) is 0 Å². The lowest BCUT2D eigenvalue weighted by Crippen LogP contribution is -2.16. The summed E-state index contributed by atoms with van der Waals surface area (Å²) in [5.41, 5.74) is 5.10. The number of halogens is 2. The van der Waals surface area contributed by atoms with E-state index in [1.165, 1.54) is 29.5 Å². The summed E-state index contributed by atoms with van der Waals surface area (Å²) in [5.74, 6) is -0.766. The van der Waals surface area contributed by atoms with Crippen LogP contribution in [0.4, 0.5) is 8.78 Å². The third kappa shape index (κ3) is 4.34. The average molecular weight is 357 g/mol. The Hall–Kier alpha value is -1.70. The van der Waals surface area contributed by atoms with Crippen LogP contribution in [-0.2, 0) is 25.7 Å². The van der Waals surface area contributed by atoms with Crippen molar-refractivity contribution < 1.29 is 8.78 Å². The van der Waals surface area contributed by atoms with Crippen LogP contribution >= 0.6 is 0 Å². The van der Waals surface area contributed by atoms with Gasteiger partial charge >= 0.3 is 0 Å². The van der Waals surface area contributed by atoms with E-state index in [0.717, 1.165) is 50.5 Å². The van der Waals surface area contributed by atoms with Crippen LogP contribution in [0, 0.1) is 11.6 Å². The fourth-order valence-corrected chi connectivity index (χ4v) is 4.14. The zero-order valence-electron chi connectivity index (χ0n) is 16.1. The third-order valence-electron chi connectivity index (χ3n) is 5.68. The summed E-state index contributed by atoms with van der Waals surface area (Å²) in [4.78, 5) is 0. The molecule has 1 unspecified atom stereocenters. The molecule has 1 aliphatic rings. The Morgan fingerprint density at radius 1 is 0.846 bits per heavy atom. The summed E-state index contributed by atoms with van der Waals surface area (Å²) in [6, 6.07) is 9.78. The number of hydrogen-bond donors (Lipinski definition) is 0. The van der Waals surface area contributed by atoms with Gasteiger partial charge in [0.25, 0.3) is 0 Å². The Morgan fingerprint density at radius 2 is 1.50 bits per heavy atom. The van der Waals surface area contributed by atoms with Gasteiger partial charge < -0.3 is 0 Å². The van der Waals surface area contributed by atoms with E-state index in [1.807, 2.05) is 0 Å². The van der Waals surface area contributed by atoms with Crippen molar-refractivity contribution in [3.63, 3.8) is 0 Å². The fourth-order valence-electron chi connectivity index (χ4n) is 4.14. The van der Waals surface area contributed by atoms with Crippen LogP contribution in [0.1, 0.15) is 79.7 Å². The van der Waals surface area contributed by atoms with Crippen LogP contribution in [-0.4, -0.2) is 0 Å². The second kappa shape index (κ2) is 8.79. The Balaban J connectivity index is 1.78. The normalized spacial score (nSPS) is 16.5. The minimum absolute atomic E-state index is 0.0517. The summed E-state index contributed by atoms with van der Waals surface area (Å²) in [6.45, 7) is 4.30. The van der Waals surface area contributed by atoms with E-state index < -0.39 is 0 Å². The predicted molar refractivity (Wildman–Crippen MR) is 105 cm³/mol. The van der Waals surface area contributed by atoms with Gasteiger partial charge in [0, 0.05) is 5.56 Å². The third-order valence-corrected chi connectivity index (χ3v) is 5.68. The fraction of sp³-hybridized carbons (Fsp3) is 0.500. The van der Waals surface area contributed by atoms with Gasteiger partial charge in [0.05, 0.1) is 0 Å². The number of rotatable bonds is 7. The molecule has 0 N–H and O–H groups in total. The zero-order valence-corrected chi connectivity index (χ0v) is 16.1. The minimum atomic E-state index is -0.357. The Kier molecular flexibility index (Phi) is 6.45. The first-order chi connectivity index (χ1) is 12.6. The first-order valence-corrected chi connectivity index (χ1v) is 10.2. The maximum absolute atomic E-state index is 14.7. The van der Waals surface area contributed by atoms with Gasteiger partial charge in [-0.1, -0.05) is 44.9 Å². The highest BCUT2D eigenvalue weighted by atomic mass is 19.1. The van der Waals surface area contributed by atoms with Crippen molar-refractivity contribution >= 4 is 0 Å². The Bertz CT molecular complexity index is 725. The summed E-state index contributed by atoms with van der Waals surface area (Å²) >= 11 is 0. The van der Waals surface area contributed by atoms with Crippen LogP contribution in [0.3, 0.4) is 0 Å². The molecule has 0 nitrogen and oxygen atoms in total. The van der Waals surface area contributed by atoms with E-state index in [2.05, 4.69) is 32.0 Å². The van der Waals surface area contributed by atoms with Gasteiger partial charge in [-0.25, -0.2) is 8.78 Å². The van der Waals surface area contributed by atoms with Gasteiger partial charge in [0.2, 0.25) is 0 Å². The van der Waals surface area contributed by atoms with E-state index in [0.29, 0.717) is 5.56 Å². The van der Waals surface area contributed by atoms with Crippen LogP contribution in [0.15, 0.2) is 30.3 Å². The molecule has 0 fully saturated rings. The average Bonchev–Trinajstić information content (AvgIpc) is 2.64. The molecule has 0 aliphatic heterocycles. The molecule has 0 aromatic heterocycles. The molecular formula is C24H30F2. The highest BCUT2D eigenvalue weighted by Gasteiger charge is 2.26. The van der Waals surface area contributed by atoms with Crippen molar-refractivity contribution in [2.75, 3.05) is 0 Å². The van der Waals surface area contributed by atoms with Crippen molar-refractivity contribution in [1.29, 1.82) is 0 Å². The molecule has 2 aromatic rings. The summed E-state index contributed by atoms with van der Waals surface area (Å²) < 4.78 is 29.3. The van der Waals surface area contributed by atoms with Gasteiger partial charge in [-0.2, -0.15) is 0 Å². The van der Waals surface area contributed by atoms with Crippen molar-refractivity contribution in [3.8, 4) is 0 Å². The van der Waals surface area contributed by atoms with E-state index in [9.17, 15) is 8.78 Å². The molecular weight excluding hydrogens is 326 g/mol. The van der Waals surface area contributed by atoms with Crippen molar-refractivity contribution in [2.45, 2.75) is 77.6 Å². The summed E-state index contributed by atoms with van der Waals surface area (Å²) in [7, 11) is 0. The second-order valence-electron chi connectivity index (χ2n) is 7.72.